The van der Waals surface area contributed by atoms with E-state index < -0.39 is 15.9 Å². The minimum atomic E-state index is -4.41. The molecule has 3 aliphatic rings. The third-order valence-corrected chi connectivity index (χ3v) is 14.0. The summed E-state index contributed by atoms with van der Waals surface area (Å²) in [5.74, 6) is 1.17. The molecule has 1 aliphatic carbocycles. The molecule has 5 heterocycles. The Morgan fingerprint density at radius 2 is 1.79 bits per heavy atom. The lowest BCUT2D eigenvalue weighted by atomic mass is 9.72. The van der Waals surface area contributed by atoms with Gasteiger partial charge in [0, 0.05) is 80.8 Å². The van der Waals surface area contributed by atoms with E-state index >= 15 is 0 Å². The number of carbonyl (C=O) groups excluding carboxylic acids is 1. The van der Waals surface area contributed by atoms with Crippen LogP contribution in [0.5, 0.6) is 17.4 Å². The molecular formula is C46H48Cl2N8O5S. The predicted molar refractivity (Wildman–Crippen MR) is 241 cm³/mol. The minimum absolute atomic E-state index is 0.0162. The molecule has 16 heteroatoms. The molecular weight excluding hydrogens is 848 g/mol. The third kappa shape index (κ3) is 9.19. The van der Waals surface area contributed by atoms with Gasteiger partial charge in [-0.1, -0.05) is 60.8 Å². The lowest BCUT2D eigenvalue weighted by Gasteiger charge is -2.39. The first kappa shape index (κ1) is 41.9. The van der Waals surface area contributed by atoms with Crippen LogP contribution in [0.4, 0.5) is 5.69 Å². The average Bonchev–Trinajstić information content (AvgIpc) is 3.95. The van der Waals surface area contributed by atoms with Crippen molar-refractivity contribution >= 4 is 61.3 Å². The van der Waals surface area contributed by atoms with Crippen molar-refractivity contribution in [3.8, 4) is 17.4 Å². The van der Waals surface area contributed by atoms with Crippen LogP contribution in [-0.4, -0.2) is 83.3 Å². The van der Waals surface area contributed by atoms with Crippen LogP contribution in [0.15, 0.2) is 102 Å². The van der Waals surface area contributed by atoms with E-state index in [2.05, 4.69) is 65.2 Å². The minimum Gasteiger partial charge on any atom is -0.476 e. The number of sulfonamides is 1. The van der Waals surface area contributed by atoms with Crippen LogP contribution in [-0.2, 0) is 23.0 Å². The number of allylic oxidation sites excluding steroid dienone is 1. The molecule has 0 radical (unpaired) electrons. The number of imidazole rings is 1. The van der Waals surface area contributed by atoms with E-state index in [-0.39, 0.29) is 38.4 Å². The number of benzene rings is 3. The summed E-state index contributed by atoms with van der Waals surface area (Å²) < 4.78 is 44.0. The summed E-state index contributed by atoms with van der Waals surface area (Å²) in [5.41, 5.74) is 6.03. The maximum Gasteiger partial charge on any atom is 0.268 e. The van der Waals surface area contributed by atoms with Gasteiger partial charge >= 0.3 is 0 Å². The fourth-order valence-electron chi connectivity index (χ4n) is 8.69. The number of aryl methyl sites for hydroxylation is 1. The summed E-state index contributed by atoms with van der Waals surface area (Å²) in [4.78, 5) is 27.0. The Labute approximate surface area is 371 Å². The molecule has 3 aromatic heterocycles. The van der Waals surface area contributed by atoms with Gasteiger partial charge in [-0.15, -0.1) is 0 Å². The van der Waals surface area contributed by atoms with Crippen LogP contribution in [0.2, 0.25) is 10.0 Å². The van der Waals surface area contributed by atoms with E-state index in [9.17, 15) is 13.2 Å². The molecule has 322 valence electrons. The van der Waals surface area contributed by atoms with Gasteiger partial charge in [0.05, 0.1) is 35.5 Å². The van der Waals surface area contributed by atoms with Crippen LogP contribution in [0.25, 0.3) is 16.5 Å². The number of amides is 1. The number of hydrogen-bond donors (Lipinski definition) is 2. The molecule has 1 unspecified atom stereocenters. The number of ether oxygens (including phenoxy) is 2. The summed E-state index contributed by atoms with van der Waals surface area (Å²) in [5, 5.41) is 8.57. The number of fused-ring (bicyclic) bond motifs is 2. The largest absolute Gasteiger partial charge is 0.476 e. The van der Waals surface area contributed by atoms with Gasteiger partial charge in [-0.25, -0.2) is 23.1 Å². The van der Waals surface area contributed by atoms with Crippen molar-refractivity contribution in [3.05, 3.63) is 124 Å². The van der Waals surface area contributed by atoms with Crippen LogP contribution < -0.4 is 19.1 Å². The summed E-state index contributed by atoms with van der Waals surface area (Å²) >= 11 is 12.7. The first-order valence-corrected chi connectivity index (χ1v) is 23.1. The molecule has 0 bridgehead atoms. The molecule has 0 spiro atoms. The van der Waals surface area contributed by atoms with Gasteiger partial charge < -0.3 is 18.9 Å². The highest BCUT2D eigenvalue weighted by Gasteiger charge is 2.30. The Morgan fingerprint density at radius 1 is 0.968 bits per heavy atom. The van der Waals surface area contributed by atoms with Gasteiger partial charge in [-0.2, -0.15) is 5.10 Å². The topological polar surface area (TPSA) is 148 Å². The van der Waals surface area contributed by atoms with E-state index in [1.54, 1.807) is 30.6 Å². The quantitative estimate of drug-likeness (QED) is 0.122. The second kappa shape index (κ2) is 17.4. The smallest absolute Gasteiger partial charge is 0.268 e. The Morgan fingerprint density at radius 3 is 2.60 bits per heavy atom. The van der Waals surface area contributed by atoms with Crippen molar-refractivity contribution in [2.75, 3.05) is 44.2 Å². The van der Waals surface area contributed by atoms with E-state index in [4.69, 9.17) is 32.7 Å². The number of piperazine rings is 1. The second-order valence-corrected chi connectivity index (χ2v) is 19.7. The summed E-state index contributed by atoms with van der Waals surface area (Å²) in [6, 6.07) is 20.2. The number of nitrogens with one attached hydrogen (secondary N) is 2. The van der Waals surface area contributed by atoms with Crippen LogP contribution in [0.3, 0.4) is 0 Å². The van der Waals surface area contributed by atoms with Gasteiger partial charge in [-0.3, -0.25) is 14.8 Å². The number of halogens is 2. The molecule has 3 aromatic carbocycles. The van der Waals surface area contributed by atoms with Crippen molar-refractivity contribution in [2.45, 2.75) is 57.4 Å². The van der Waals surface area contributed by atoms with Gasteiger partial charge in [0.15, 0.2) is 0 Å². The SMILES string of the molecule is CC1(C)CCC(CN2CCN(c3ccc(C(=O)NS(=O)(=O)c4cnc(OCC5CCc6nccn6C5)c(Cl)c4)c(Oc4cccc5[nH]ncc45)c3)CC2)=C(c2ccc(Cl)cc2)C1. The van der Waals surface area contributed by atoms with Crippen molar-refractivity contribution in [3.63, 3.8) is 0 Å². The normalized spacial score (nSPS) is 18.1. The molecule has 2 aliphatic heterocycles. The zero-order valence-corrected chi connectivity index (χ0v) is 36.9. The average molecular weight is 896 g/mol. The van der Waals surface area contributed by atoms with Crippen LogP contribution >= 0.6 is 23.2 Å². The number of H-pyrrole nitrogens is 1. The van der Waals surface area contributed by atoms with Crippen LogP contribution in [0, 0.1) is 11.3 Å². The molecule has 1 fully saturated rings. The lowest BCUT2D eigenvalue weighted by molar-refractivity contribution is 0.0979. The van der Waals surface area contributed by atoms with Crippen molar-refractivity contribution in [1.82, 2.24) is 34.4 Å². The Kier molecular flexibility index (Phi) is 11.8. The number of aromatic amines is 1. The van der Waals surface area contributed by atoms with Crippen LogP contribution in [0.1, 0.15) is 61.3 Å². The van der Waals surface area contributed by atoms with Crippen molar-refractivity contribution < 1.29 is 22.7 Å². The molecule has 1 amide bonds. The fourth-order valence-corrected chi connectivity index (χ4v) is 10.0. The third-order valence-electron chi connectivity index (χ3n) is 12.2. The van der Waals surface area contributed by atoms with Crippen molar-refractivity contribution in [2.24, 2.45) is 11.3 Å². The van der Waals surface area contributed by atoms with E-state index in [0.29, 0.717) is 17.7 Å². The molecule has 2 N–H and O–H groups in total. The molecule has 13 nitrogen and oxygen atoms in total. The zero-order chi connectivity index (χ0) is 43.0. The summed E-state index contributed by atoms with van der Waals surface area (Å²) in [6.45, 7) is 9.92. The zero-order valence-electron chi connectivity index (χ0n) is 34.6. The number of pyridine rings is 1. The summed E-state index contributed by atoms with van der Waals surface area (Å²) in [7, 11) is -4.41. The molecule has 62 heavy (non-hydrogen) atoms. The monoisotopic (exact) mass is 894 g/mol. The first-order chi connectivity index (χ1) is 29.9. The van der Waals surface area contributed by atoms with E-state index in [1.807, 2.05) is 36.5 Å². The fraction of sp³-hybridized carbons (Fsp3) is 0.348. The standard InChI is InChI=1S/C46H48Cl2N8O5S/c1-46(2)15-14-32(37(24-46)31-7-9-33(47)10-8-31)28-54-18-20-55(21-19-54)34-11-12-36(42(22-34)61-41-5-3-4-40-38(41)26-51-52-40)44(57)53-62(58,59)35-23-39(48)45(50-25-35)60-29-30-6-13-43-49-16-17-56(43)27-30/h3-5,7-12,16-17,22-23,25-26,30H,6,13-15,18-21,24,27-29H2,1-2H3,(H,51,52)(H,53,57). The molecule has 6 aromatic rings. The Hall–Kier alpha value is -5.41. The molecule has 1 saturated heterocycles. The number of hydrogen-bond acceptors (Lipinski definition) is 10. The predicted octanol–water partition coefficient (Wildman–Crippen LogP) is 8.80. The van der Waals surface area contributed by atoms with Gasteiger partial charge in [0.2, 0.25) is 5.88 Å². The number of aromatic nitrogens is 5. The highest BCUT2D eigenvalue weighted by atomic mass is 35.5. The Bertz CT molecular complexity index is 2760. The number of anilines is 1. The highest BCUT2D eigenvalue weighted by molar-refractivity contribution is 7.90. The van der Waals surface area contributed by atoms with E-state index in [0.717, 1.165) is 99.6 Å². The number of carbonyl (C=O) groups is 1. The summed E-state index contributed by atoms with van der Waals surface area (Å²) in [6.07, 6.45) is 11.5. The molecule has 1 atom stereocenters. The van der Waals surface area contributed by atoms with Gasteiger partial charge in [0.1, 0.15) is 27.2 Å². The first-order valence-electron chi connectivity index (χ1n) is 20.9. The number of nitrogens with zero attached hydrogens (tertiary/aromatic N) is 6. The number of rotatable bonds is 12. The maximum atomic E-state index is 14.0. The van der Waals surface area contributed by atoms with Gasteiger partial charge in [0.25, 0.3) is 15.9 Å². The second-order valence-electron chi connectivity index (χ2n) is 17.2. The van der Waals surface area contributed by atoms with E-state index in [1.165, 1.54) is 22.8 Å². The molecule has 0 saturated carbocycles. The van der Waals surface area contributed by atoms with Gasteiger partial charge in [-0.05, 0) is 84.7 Å². The lowest BCUT2D eigenvalue weighted by Crippen LogP contribution is -2.47. The Balaban J connectivity index is 0.906. The molecule has 9 rings (SSSR count). The van der Waals surface area contributed by atoms with Crippen molar-refractivity contribution in [1.29, 1.82) is 0 Å². The maximum absolute atomic E-state index is 14.0. The highest BCUT2D eigenvalue weighted by Crippen LogP contribution is 2.43.